The van der Waals surface area contributed by atoms with Crippen LogP contribution in [0.5, 0.6) is 5.75 Å². The maximum absolute atomic E-state index is 13.0. The zero-order chi connectivity index (χ0) is 20.9. The highest BCUT2D eigenvalue weighted by atomic mass is 35.5. The Morgan fingerprint density at radius 3 is 2.53 bits per heavy atom. The van der Waals surface area contributed by atoms with E-state index in [1.807, 2.05) is 60.7 Å². The predicted molar refractivity (Wildman–Crippen MR) is 116 cm³/mol. The lowest BCUT2D eigenvalue weighted by Gasteiger charge is -2.09. The second-order valence-corrected chi connectivity index (χ2v) is 6.92. The van der Waals surface area contributed by atoms with Gasteiger partial charge in [-0.3, -0.25) is 9.78 Å². The summed E-state index contributed by atoms with van der Waals surface area (Å²) in [6.07, 6.45) is 1.69. The molecule has 2 heterocycles. The number of benzene rings is 2. The molecule has 4 aromatic rings. The van der Waals surface area contributed by atoms with Crippen LogP contribution in [-0.2, 0) is 6.54 Å². The van der Waals surface area contributed by atoms with Gasteiger partial charge in [0.05, 0.1) is 35.8 Å². The summed E-state index contributed by atoms with van der Waals surface area (Å²) in [4.78, 5) is 17.2. The first-order valence-electron chi connectivity index (χ1n) is 9.33. The summed E-state index contributed by atoms with van der Waals surface area (Å²) >= 11 is 6.35. The van der Waals surface area contributed by atoms with Crippen molar-refractivity contribution in [3.8, 4) is 22.7 Å². The van der Waals surface area contributed by atoms with E-state index in [2.05, 4.69) is 15.4 Å². The number of nitrogens with one attached hydrogen (secondary N) is 1. The Morgan fingerprint density at radius 2 is 1.83 bits per heavy atom. The molecule has 0 aliphatic heterocycles. The van der Waals surface area contributed by atoms with Gasteiger partial charge in [0.15, 0.2) is 0 Å². The van der Waals surface area contributed by atoms with Crippen LogP contribution < -0.4 is 10.1 Å². The van der Waals surface area contributed by atoms with Crippen LogP contribution in [0.2, 0.25) is 5.02 Å². The molecule has 2 aromatic heterocycles. The summed E-state index contributed by atoms with van der Waals surface area (Å²) < 4.78 is 6.83. The number of aromatic nitrogens is 3. The molecular formula is C23H19ClN4O2. The van der Waals surface area contributed by atoms with Crippen molar-refractivity contribution in [3.63, 3.8) is 0 Å². The van der Waals surface area contributed by atoms with E-state index in [9.17, 15) is 4.79 Å². The number of nitrogens with zero attached hydrogens (tertiary/aromatic N) is 3. The van der Waals surface area contributed by atoms with Crippen LogP contribution in [0.3, 0.4) is 0 Å². The van der Waals surface area contributed by atoms with Gasteiger partial charge in [-0.25, -0.2) is 4.68 Å². The van der Waals surface area contributed by atoms with Crippen LogP contribution in [0.1, 0.15) is 16.2 Å². The summed E-state index contributed by atoms with van der Waals surface area (Å²) in [5, 5.41) is 8.13. The van der Waals surface area contributed by atoms with Crippen molar-refractivity contribution >= 4 is 17.5 Å². The van der Waals surface area contributed by atoms with Crippen LogP contribution in [-0.4, -0.2) is 27.8 Å². The molecule has 0 aliphatic carbocycles. The van der Waals surface area contributed by atoms with E-state index >= 15 is 0 Å². The zero-order valence-corrected chi connectivity index (χ0v) is 17.0. The molecule has 0 unspecified atom stereocenters. The van der Waals surface area contributed by atoms with E-state index < -0.39 is 0 Å². The van der Waals surface area contributed by atoms with E-state index in [0.29, 0.717) is 23.0 Å². The number of amides is 1. The molecule has 150 valence electrons. The standard InChI is InChI=1S/C23H19ClN4O2/c1-30-18-11-9-17(10-12-18)28-22(23(29)26-15-16-6-4-5-13-25-16)14-21(27-28)19-7-2-3-8-20(19)24/h2-14H,15H2,1H3,(H,26,29). The Labute approximate surface area is 179 Å². The van der Waals surface area contributed by atoms with E-state index in [4.69, 9.17) is 16.3 Å². The van der Waals surface area contributed by atoms with Crippen LogP contribution in [0.4, 0.5) is 0 Å². The molecule has 0 saturated carbocycles. The predicted octanol–water partition coefficient (Wildman–Crippen LogP) is 4.53. The summed E-state index contributed by atoms with van der Waals surface area (Å²) in [7, 11) is 1.61. The number of pyridine rings is 1. The molecule has 0 bridgehead atoms. The molecule has 0 atom stereocenters. The molecule has 4 rings (SSSR count). The van der Waals surface area contributed by atoms with Crippen molar-refractivity contribution in [3.05, 3.63) is 95.4 Å². The van der Waals surface area contributed by atoms with Gasteiger partial charge in [0.1, 0.15) is 11.4 Å². The Bertz CT molecular complexity index is 1160. The molecule has 1 N–H and O–H groups in total. The monoisotopic (exact) mass is 418 g/mol. The molecule has 7 heteroatoms. The maximum Gasteiger partial charge on any atom is 0.270 e. The lowest BCUT2D eigenvalue weighted by atomic mass is 10.1. The summed E-state index contributed by atoms with van der Waals surface area (Å²) in [6, 6.07) is 22.0. The van der Waals surface area contributed by atoms with Gasteiger partial charge >= 0.3 is 0 Å². The van der Waals surface area contributed by atoms with Crippen LogP contribution in [0, 0.1) is 0 Å². The van der Waals surface area contributed by atoms with Crippen molar-refractivity contribution in [2.75, 3.05) is 7.11 Å². The van der Waals surface area contributed by atoms with Gasteiger partial charge < -0.3 is 10.1 Å². The molecular weight excluding hydrogens is 400 g/mol. The largest absolute Gasteiger partial charge is 0.497 e. The first kappa shape index (κ1) is 19.7. The lowest BCUT2D eigenvalue weighted by molar-refractivity contribution is 0.0942. The highest BCUT2D eigenvalue weighted by molar-refractivity contribution is 6.33. The number of ether oxygens (including phenoxy) is 1. The minimum absolute atomic E-state index is 0.262. The fourth-order valence-electron chi connectivity index (χ4n) is 3.03. The Hall–Kier alpha value is -3.64. The summed E-state index contributed by atoms with van der Waals surface area (Å²) in [6.45, 7) is 0.314. The number of rotatable bonds is 6. The zero-order valence-electron chi connectivity index (χ0n) is 16.2. The average molecular weight is 419 g/mol. The highest BCUT2D eigenvalue weighted by Crippen LogP contribution is 2.28. The van der Waals surface area contributed by atoms with Crippen molar-refractivity contribution < 1.29 is 9.53 Å². The SMILES string of the molecule is COc1ccc(-n2nc(-c3ccccc3Cl)cc2C(=O)NCc2ccccn2)cc1. The number of carbonyl (C=O) groups is 1. The fraction of sp³-hybridized carbons (Fsp3) is 0.0870. The number of hydrogen-bond acceptors (Lipinski definition) is 4. The van der Waals surface area contributed by atoms with Gasteiger partial charge in [-0.2, -0.15) is 5.10 Å². The molecule has 0 aliphatic rings. The van der Waals surface area contributed by atoms with Gasteiger partial charge in [-0.1, -0.05) is 35.9 Å². The summed E-state index contributed by atoms with van der Waals surface area (Å²) in [5.41, 5.74) is 3.26. The third-order valence-electron chi connectivity index (χ3n) is 4.57. The summed E-state index contributed by atoms with van der Waals surface area (Å²) in [5.74, 6) is 0.459. The van der Waals surface area contributed by atoms with Crippen molar-refractivity contribution in [2.24, 2.45) is 0 Å². The van der Waals surface area contributed by atoms with Crippen molar-refractivity contribution in [1.82, 2.24) is 20.1 Å². The van der Waals surface area contributed by atoms with E-state index in [0.717, 1.165) is 22.7 Å². The molecule has 30 heavy (non-hydrogen) atoms. The van der Waals surface area contributed by atoms with Crippen molar-refractivity contribution in [2.45, 2.75) is 6.54 Å². The van der Waals surface area contributed by atoms with E-state index in [-0.39, 0.29) is 5.91 Å². The number of methoxy groups -OCH3 is 1. The van der Waals surface area contributed by atoms with Gasteiger partial charge in [0.2, 0.25) is 0 Å². The second kappa shape index (κ2) is 8.80. The molecule has 0 fully saturated rings. The van der Waals surface area contributed by atoms with Gasteiger partial charge in [0.25, 0.3) is 5.91 Å². The molecule has 6 nitrogen and oxygen atoms in total. The number of carbonyl (C=O) groups excluding carboxylic acids is 1. The van der Waals surface area contributed by atoms with Crippen LogP contribution >= 0.6 is 11.6 Å². The highest BCUT2D eigenvalue weighted by Gasteiger charge is 2.19. The average Bonchev–Trinajstić information content (AvgIpc) is 3.24. The Morgan fingerprint density at radius 1 is 1.07 bits per heavy atom. The molecule has 0 spiro atoms. The Balaban J connectivity index is 1.71. The topological polar surface area (TPSA) is 69.0 Å². The number of halogens is 1. The first-order chi connectivity index (χ1) is 14.7. The quantitative estimate of drug-likeness (QED) is 0.499. The minimum Gasteiger partial charge on any atom is -0.497 e. The van der Waals surface area contributed by atoms with Crippen molar-refractivity contribution in [1.29, 1.82) is 0 Å². The maximum atomic E-state index is 13.0. The van der Waals surface area contributed by atoms with Crippen LogP contribution in [0.25, 0.3) is 16.9 Å². The first-order valence-corrected chi connectivity index (χ1v) is 9.71. The molecule has 2 aromatic carbocycles. The van der Waals surface area contributed by atoms with Crippen LogP contribution in [0.15, 0.2) is 79.0 Å². The Kier molecular flexibility index (Phi) is 5.77. The van der Waals surface area contributed by atoms with Gasteiger partial charge in [-0.05, 0) is 48.5 Å². The molecule has 1 amide bonds. The second-order valence-electron chi connectivity index (χ2n) is 6.51. The fourth-order valence-corrected chi connectivity index (χ4v) is 3.26. The minimum atomic E-state index is -0.262. The van der Waals surface area contributed by atoms with E-state index in [1.54, 1.807) is 30.1 Å². The normalized spacial score (nSPS) is 10.6. The number of hydrogen-bond donors (Lipinski definition) is 1. The van der Waals surface area contributed by atoms with Gasteiger partial charge in [0, 0.05) is 11.8 Å². The van der Waals surface area contributed by atoms with Gasteiger partial charge in [-0.15, -0.1) is 0 Å². The third kappa shape index (κ3) is 4.18. The van der Waals surface area contributed by atoms with E-state index in [1.165, 1.54) is 0 Å². The molecule has 0 saturated heterocycles. The lowest BCUT2D eigenvalue weighted by Crippen LogP contribution is -2.25. The molecule has 0 radical (unpaired) electrons. The third-order valence-corrected chi connectivity index (χ3v) is 4.89. The smallest absolute Gasteiger partial charge is 0.270 e.